The Morgan fingerprint density at radius 2 is 1.50 bits per heavy atom. The average Bonchev–Trinajstić information content (AvgIpc) is 3.25. The van der Waals surface area contributed by atoms with Crippen LogP contribution < -0.4 is 14.2 Å². The van der Waals surface area contributed by atoms with Gasteiger partial charge in [-0.2, -0.15) is 0 Å². The number of ketones is 1. The first-order chi connectivity index (χ1) is 19.6. The van der Waals surface area contributed by atoms with Crippen LogP contribution in [0.25, 0.3) is 5.76 Å². The third kappa shape index (κ3) is 5.01. The summed E-state index contributed by atoms with van der Waals surface area (Å²) in [5.41, 5.74) is 2.08. The van der Waals surface area contributed by atoms with Gasteiger partial charge in [0.2, 0.25) is 0 Å². The molecule has 0 unspecified atom stereocenters. The first kappa shape index (κ1) is 25.2. The van der Waals surface area contributed by atoms with Gasteiger partial charge >= 0.3 is 0 Å². The van der Waals surface area contributed by atoms with Gasteiger partial charge < -0.3 is 24.2 Å². The minimum Gasteiger partial charge on any atom is -0.507 e. The van der Waals surface area contributed by atoms with E-state index in [0.717, 1.165) is 5.56 Å². The van der Waals surface area contributed by atoms with Gasteiger partial charge in [0.15, 0.2) is 11.5 Å². The van der Waals surface area contributed by atoms with Crippen LogP contribution in [-0.4, -0.2) is 41.5 Å². The Hall–Kier alpha value is -5.04. The van der Waals surface area contributed by atoms with Crippen LogP contribution in [0.4, 0.5) is 0 Å². The van der Waals surface area contributed by atoms with Gasteiger partial charge in [0.05, 0.1) is 11.6 Å². The number of para-hydroxylation sites is 1. The van der Waals surface area contributed by atoms with Gasteiger partial charge in [-0.3, -0.25) is 9.59 Å². The number of likely N-dealkylation sites (tertiary alicyclic amines) is 1. The van der Waals surface area contributed by atoms with Gasteiger partial charge in [0.25, 0.3) is 11.7 Å². The van der Waals surface area contributed by atoms with Crippen LogP contribution in [-0.2, 0) is 16.0 Å². The van der Waals surface area contributed by atoms with E-state index in [1.807, 2.05) is 78.9 Å². The molecule has 4 aromatic carbocycles. The van der Waals surface area contributed by atoms with Crippen LogP contribution in [0.15, 0.2) is 109 Å². The molecule has 0 aliphatic carbocycles. The molecule has 0 saturated carbocycles. The summed E-state index contributed by atoms with van der Waals surface area (Å²) in [7, 11) is 0. The molecule has 1 amide bonds. The Labute approximate surface area is 231 Å². The number of Topliss-reactive ketones (excluding diaryl/α,β-unsaturated/α-hetero) is 1. The zero-order valence-electron chi connectivity index (χ0n) is 21.7. The molecule has 1 fully saturated rings. The fourth-order valence-electron chi connectivity index (χ4n) is 5.07. The summed E-state index contributed by atoms with van der Waals surface area (Å²) in [4.78, 5) is 28.4. The van der Waals surface area contributed by atoms with E-state index in [4.69, 9.17) is 14.2 Å². The number of fused-ring (bicyclic) bond motifs is 1. The lowest BCUT2D eigenvalue weighted by atomic mass is 9.95. The number of nitrogens with zero attached hydrogens (tertiary/aromatic N) is 1. The van der Waals surface area contributed by atoms with E-state index >= 15 is 0 Å². The number of aliphatic hydroxyl groups excluding tert-OH is 1. The van der Waals surface area contributed by atoms with E-state index in [-0.39, 0.29) is 11.3 Å². The molecule has 0 aromatic heterocycles. The summed E-state index contributed by atoms with van der Waals surface area (Å²) in [5.74, 6) is 0.591. The SMILES string of the molecule is O=C1C(=O)N(CCc2ccccc2)[C@H](c2cccc(Oc3ccccc3)c2)C1=C(O)c1ccc2c(c1)OCCO2. The normalized spacial score (nSPS) is 17.6. The Kier molecular flexibility index (Phi) is 6.93. The summed E-state index contributed by atoms with van der Waals surface area (Å²) >= 11 is 0. The molecular formula is C33H27NO6. The van der Waals surface area contributed by atoms with Crippen molar-refractivity contribution in [1.82, 2.24) is 4.90 Å². The quantitative estimate of drug-likeness (QED) is 0.181. The molecule has 6 rings (SSSR count). The summed E-state index contributed by atoms with van der Waals surface area (Å²) in [6.45, 7) is 1.11. The number of benzene rings is 4. The smallest absolute Gasteiger partial charge is 0.295 e. The molecule has 0 spiro atoms. The second-order valence-electron chi connectivity index (χ2n) is 9.57. The molecule has 1 saturated heterocycles. The number of hydrogen-bond acceptors (Lipinski definition) is 6. The van der Waals surface area contributed by atoms with E-state index in [1.165, 1.54) is 4.90 Å². The highest BCUT2D eigenvalue weighted by Gasteiger charge is 2.46. The van der Waals surface area contributed by atoms with Crippen molar-refractivity contribution in [3.8, 4) is 23.0 Å². The molecule has 2 aliphatic rings. The molecule has 1 atom stereocenters. The van der Waals surface area contributed by atoms with E-state index < -0.39 is 17.7 Å². The highest BCUT2D eigenvalue weighted by molar-refractivity contribution is 6.46. The molecule has 4 aromatic rings. The van der Waals surface area contributed by atoms with Crippen molar-refractivity contribution in [2.75, 3.05) is 19.8 Å². The second-order valence-corrected chi connectivity index (χ2v) is 9.57. The van der Waals surface area contributed by atoms with Crippen LogP contribution in [0.1, 0.15) is 22.7 Å². The van der Waals surface area contributed by atoms with Crippen molar-refractivity contribution < 1.29 is 28.9 Å². The minimum absolute atomic E-state index is 0.0200. The highest BCUT2D eigenvalue weighted by Crippen LogP contribution is 2.42. The number of carbonyl (C=O) groups excluding carboxylic acids is 2. The number of hydrogen-bond donors (Lipinski definition) is 1. The third-order valence-corrected chi connectivity index (χ3v) is 6.99. The second kappa shape index (κ2) is 11.0. The minimum atomic E-state index is -0.809. The van der Waals surface area contributed by atoms with Crippen LogP contribution in [0, 0.1) is 0 Å². The standard InChI is InChI=1S/C33H27NO6/c35-31(24-14-15-27-28(21-24)39-19-18-38-27)29-30(23-10-7-13-26(20-23)40-25-11-5-2-6-12-25)34(33(37)32(29)36)17-16-22-8-3-1-4-9-22/h1-15,20-21,30,35H,16-19H2/t30-/m1/s1. The van der Waals surface area contributed by atoms with Gasteiger partial charge in [-0.25, -0.2) is 0 Å². The van der Waals surface area contributed by atoms with Crippen LogP contribution in [0.5, 0.6) is 23.0 Å². The zero-order valence-corrected chi connectivity index (χ0v) is 21.7. The fraction of sp³-hybridized carbons (Fsp3) is 0.152. The predicted octanol–water partition coefficient (Wildman–Crippen LogP) is 5.91. The summed E-state index contributed by atoms with van der Waals surface area (Å²) in [6.07, 6.45) is 0.550. The Balaban J connectivity index is 1.41. The van der Waals surface area contributed by atoms with Crippen molar-refractivity contribution >= 4 is 17.4 Å². The topological polar surface area (TPSA) is 85.3 Å². The van der Waals surface area contributed by atoms with E-state index in [9.17, 15) is 14.7 Å². The number of ether oxygens (including phenoxy) is 3. The molecular weight excluding hydrogens is 506 g/mol. The fourth-order valence-corrected chi connectivity index (χ4v) is 5.07. The molecule has 7 nitrogen and oxygen atoms in total. The first-order valence-corrected chi connectivity index (χ1v) is 13.1. The maximum atomic E-state index is 13.5. The summed E-state index contributed by atoms with van der Waals surface area (Å²) in [6, 6.07) is 30.6. The molecule has 200 valence electrons. The van der Waals surface area contributed by atoms with Gasteiger partial charge in [0, 0.05) is 12.1 Å². The van der Waals surface area contributed by atoms with Crippen molar-refractivity contribution in [2.45, 2.75) is 12.5 Å². The maximum absolute atomic E-state index is 13.5. The van der Waals surface area contributed by atoms with Gasteiger partial charge in [-0.1, -0.05) is 60.7 Å². The van der Waals surface area contributed by atoms with Crippen LogP contribution in [0.3, 0.4) is 0 Å². The summed E-state index contributed by atoms with van der Waals surface area (Å²) < 4.78 is 17.3. The lowest BCUT2D eigenvalue weighted by molar-refractivity contribution is -0.139. The lowest BCUT2D eigenvalue weighted by Crippen LogP contribution is -2.31. The van der Waals surface area contributed by atoms with Gasteiger partial charge in [0.1, 0.15) is 30.5 Å². The van der Waals surface area contributed by atoms with Crippen molar-refractivity contribution in [3.05, 3.63) is 125 Å². The molecule has 0 radical (unpaired) electrons. The Morgan fingerprint density at radius 3 is 2.27 bits per heavy atom. The number of amides is 1. The van der Waals surface area contributed by atoms with E-state index in [0.29, 0.717) is 60.3 Å². The molecule has 0 bridgehead atoms. The number of aliphatic hydroxyl groups is 1. The largest absolute Gasteiger partial charge is 0.507 e. The van der Waals surface area contributed by atoms with E-state index in [1.54, 1.807) is 24.3 Å². The van der Waals surface area contributed by atoms with Gasteiger partial charge in [-0.15, -0.1) is 0 Å². The number of carbonyl (C=O) groups is 2. The van der Waals surface area contributed by atoms with Crippen molar-refractivity contribution in [1.29, 1.82) is 0 Å². The molecule has 2 heterocycles. The average molecular weight is 534 g/mol. The molecule has 2 aliphatic heterocycles. The van der Waals surface area contributed by atoms with Gasteiger partial charge in [-0.05, 0) is 60.0 Å². The molecule has 40 heavy (non-hydrogen) atoms. The molecule has 1 N–H and O–H groups in total. The Bertz CT molecular complexity index is 1580. The Morgan fingerprint density at radius 1 is 0.800 bits per heavy atom. The summed E-state index contributed by atoms with van der Waals surface area (Å²) in [5, 5.41) is 11.5. The molecule has 7 heteroatoms. The van der Waals surface area contributed by atoms with Crippen LogP contribution in [0.2, 0.25) is 0 Å². The van der Waals surface area contributed by atoms with Crippen molar-refractivity contribution in [3.63, 3.8) is 0 Å². The third-order valence-electron chi connectivity index (χ3n) is 6.99. The lowest BCUT2D eigenvalue weighted by Gasteiger charge is -2.26. The number of rotatable bonds is 7. The predicted molar refractivity (Wildman–Crippen MR) is 150 cm³/mol. The van der Waals surface area contributed by atoms with Crippen LogP contribution >= 0.6 is 0 Å². The zero-order chi connectivity index (χ0) is 27.5. The van der Waals surface area contributed by atoms with Crippen molar-refractivity contribution in [2.24, 2.45) is 0 Å². The first-order valence-electron chi connectivity index (χ1n) is 13.1. The monoisotopic (exact) mass is 533 g/mol. The van der Waals surface area contributed by atoms with E-state index in [2.05, 4.69) is 0 Å². The maximum Gasteiger partial charge on any atom is 0.295 e. The highest BCUT2D eigenvalue weighted by atomic mass is 16.6.